The van der Waals surface area contributed by atoms with Gasteiger partial charge in [0, 0.05) is 11.1 Å². The van der Waals surface area contributed by atoms with Crippen molar-refractivity contribution in [1.82, 2.24) is 4.98 Å². The second-order valence-electron chi connectivity index (χ2n) is 7.35. The number of para-hydroxylation sites is 2. The molecule has 0 fully saturated rings. The highest BCUT2D eigenvalue weighted by Gasteiger charge is 2.34. The molecule has 6 nitrogen and oxygen atoms in total. The number of aromatic nitrogens is 1. The van der Waals surface area contributed by atoms with Crippen molar-refractivity contribution in [2.75, 3.05) is 15.5 Å². The summed E-state index contributed by atoms with van der Waals surface area (Å²) in [5, 5.41) is 8.93. The zero-order valence-corrected chi connectivity index (χ0v) is 17.8. The molecule has 1 aliphatic heterocycles. The molecule has 1 atom stereocenters. The molecule has 3 aromatic rings. The van der Waals surface area contributed by atoms with Crippen LogP contribution in [0.2, 0.25) is 0 Å². The molecule has 1 aliphatic rings. The highest BCUT2D eigenvalue weighted by atomic mass is 32.1. The minimum atomic E-state index is -0.614. The first-order valence-corrected chi connectivity index (χ1v) is 10.9. The molecule has 30 heavy (non-hydrogen) atoms. The van der Waals surface area contributed by atoms with Gasteiger partial charge < -0.3 is 15.5 Å². The van der Waals surface area contributed by atoms with Gasteiger partial charge in [-0.05, 0) is 37.6 Å². The molecule has 0 saturated heterocycles. The quantitative estimate of drug-likeness (QED) is 0.621. The summed E-state index contributed by atoms with van der Waals surface area (Å²) in [7, 11) is 0. The average molecular weight is 421 g/mol. The lowest BCUT2D eigenvalue weighted by Crippen LogP contribution is -2.49. The summed E-state index contributed by atoms with van der Waals surface area (Å²) in [5.74, 6) is -0.380. The number of rotatable bonds is 6. The Balaban J connectivity index is 1.57. The van der Waals surface area contributed by atoms with Gasteiger partial charge in [-0.25, -0.2) is 4.98 Å². The molecule has 154 valence electrons. The summed E-state index contributed by atoms with van der Waals surface area (Å²) in [6.07, 6.45) is 0.933. The van der Waals surface area contributed by atoms with Crippen LogP contribution < -0.4 is 15.5 Å². The van der Waals surface area contributed by atoms with E-state index in [2.05, 4.69) is 22.5 Å². The molecule has 1 aromatic heterocycles. The molecule has 7 heteroatoms. The molecule has 2 N–H and O–H groups in total. The molecule has 4 rings (SSSR count). The van der Waals surface area contributed by atoms with Crippen molar-refractivity contribution in [2.24, 2.45) is 0 Å². The summed E-state index contributed by atoms with van der Waals surface area (Å²) in [6.45, 7) is 4.55. The lowest BCUT2D eigenvalue weighted by atomic mass is 10.0. The fraction of sp³-hybridized carbons (Fsp3) is 0.261. The van der Waals surface area contributed by atoms with Gasteiger partial charge >= 0.3 is 0 Å². The van der Waals surface area contributed by atoms with Gasteiger partial charge in [-0.1, -0.05) is 36.8 Å². The fourth-order valence-corrected chi connectivity index (χ4v) is 4.27. The van der Waals surface area contributed by atoms with Gasteiger partial charge in [0.15, 0.2) is 0 Å². The number of hydrogen-bond donors (Lipinski definition) is 2. The van der Waals surface area contributed by atoms with Crippen LogP contribution in [0.3, 0.4) is 0 Å². The van der Waals surface area contributed by atoms with Gasteiger partial charge in [0.05, 0.1) is 35.0 Å². The number of hydrogen-bond acceptors (Lipinski definition) is 5. The van der Waals surface area contributed by atoms with Gasteiger partial charge in [0.2, 0.25) is 11.8 Å². The third-order valence-corrected chi connectivity index (χ3v) is 6.14. The normalized spacial score (nSPS) is 15.5. The average Bonchev–Trinajstić information content (AvgIpc) is 3.20. The minimum Gasteiger partial charge on any atom is -0.351 e. The van der Waals surface area contributed by atoms with Crippen molar-refractivity contribution in [3.05, 3.63) is 70.2 Å². The molecular weight excluding hydrogens is 396 g/mol. The minimum absolute atomic E-state index is 0.0544. The van der Waals surface area contributed by atoms with E-state index in [1.165, 1.54) is 0 Å². The lowest BCUT2D eigenvalue weighted by molar-refractivity contribution is -0.122. The summed E-state index contributed by atoms with van der Waals surface area (Å²) >= 11 is 1.62. The molecular formula is C23H24N4O2S. The first-order chi connectivity index (χ1) is 14.5. The second-order valence-corrected chi connectivity index (χ2v) is 8.30. The molecule has 2 aromatic carbocycles. The van der Waals surface area contributed by atoms with E-state index in [0.29, 0.717) is 6.54 Å². The zero-order chi connectivity index (χ0) is 21.1. The highest BCUT2D eigenvalue weighted by molar-refractivity contribution is 7.09. The Morgan fingerprint density at radius 1 is 1.20 bits per heavy atom. The second kappa shape index (κ2) is 8.67. The topological polar surface area (TPSA) is 74.3 Å². The maximum absolute atomic E-state index is 12.9. The van der Waals surface area contributed by atoms with Crippen LogP contribution in [0.5, 0.6) is 0 Å². The summed E-state index contributed by atoms with van der Waals surface area (Å²) in [4.78, 5) is 32.3. The fourth-order valence-electron chi connectivity index (χ4n) is 3.54. The number of benzene rings is 2. The molecule has 0 radical (unpaired) electrons. The number of thiazole rings is 1. The van der Waals surface area contributed by atoms with Gasteiger partial charge in [-0.3, -0.25) is 9.59 Å². The first-order valence-electron chi connectivity index (χ1n) is 10.00. The van der Waals surface area contributed by atoms with E-state index in [1.54, 1.807) is 11.3 Å². The van der Waals surface area contributed by atoms with Crippen LogP contribution >= 0.6 is 11.3 Å². The number of amides is 2. The monoisotopic (exact) mass is 420 g/mol. The number of fused-ring (bicyclic) bond motifs is 1. The third-order valence-electron chi connectivity index (χ3n) is 5.10. The standard InChI is InChI=1S/C23H24N4O2S/c1-3-22-25-17(14-30-22)13-27-19-7-5-4-6-18(19)26-23(29)20(27)12-21(28)24-16-10-8-15(2)9-11-16/h4-11,14,20H,3,12-13H2,1-2H3,(H,24,28)(H,26,29)/t20-/m0/s1. The lowest BCUT2D eigenvalue weighted by Gasteiger charge is -2.37. The number of carbonyl (C=O) groups excluding carboxylic acids is 2. The van der Waals surface area contributed by atoms with Crippen LogP contribution in [0.1, 0.15) is 29.6 Å². The Morgan fingerprint density at radius 3 is 2.70 bits per heavy atom. The van der Waals surface area contributed by atoms with Crippen molar-refractivity contribution >= 4 is 40.2 Å². The number of aryl methyl sites for hydroxylation is 2. The van der Waals surface area contributed by atoms with Crippen molar-refractivity contribution in [1.29, 1.82) is 0 Å². The van der Waals surface area contributed by atoms with Crippen molar-refractivity contribution in [3.8, 4) is 0 Å². The molecule has 0 bridgehead atoms. The maximum atomic E-state index is 12.9. The summed E-state index contributed by atoms with van der Waals surface area (Å²) < 4.78 is 0. The predicted octanol–water partition coefficient (Wildman–Crippen LogP) is 4.37. The van der Waals surface area contributed by atoms with Crippen LogP contribution in [0.4, 0.5) is 17.1 Å². The van der Waals surface area contributed by atoms with Gasteiger partial charge in [0.25, 0.3) is 0 Å². The van der Waals surface area contributed by atoms with E-state index in [0.717, 1.165) is 39.7 Å². The Kier molecular flexibility index (Phi) is 5.81. The van der Waals surface area contributed by atoms with Crippen LogP contribution in [0, 0.1) is 6.92 Å². The number of nitrogens with one attached hydrogen (secondary N) is 2. The molecule has 0 aliphatic carbocycles. The number of nitrogens with zero attached hydrogens (tertiary/aromatic N) is 2. The SMILES string of the molecule is CCc1nc(CN2c3ccccc3NC(=O)[C@@H]2CC(=O)Nc2ccc(C)cc2)cs1. The Hall–Kier alpha value is -3.19. The van der Waals surface area contributed by atoms with Gasteiger partial charge in [-0.15, -0.1) is 11.3 Å². The van der Waals surface area contributed by atoms with E-state index >= 15 is 0 Å². The molecule has 0 unspecified atom stereocenters. The number of anilines is 3. The van der Waals surface area contributed by atoms with Gasteiger partial charge in [0.1, 0.15) is 6.04 Å². The van der Waals surface area contributed by atoms with Crippen molar-refractivity contribution < 1.29 is 9.59 Å². The van der Waals surface area contributed by atoms with Crippen molar-refractivity contribution in [2.45, 2.75) is 39.3 Å². The van der Waals surface area contributed by atoms with Crippen LogP contribution in [0.25, 0.3) is 0 Å². The Bertz CT molecular complexity index is 1060. The van der Waals surface area contributed by atoms with Crippen LogP contribution in [0.15, 0.2) is 53.9 Å². The van der Waals surface area contributed by atoms with Gasteiger partial charge in [-0.2, -0.15) is 0 Å². The van der Waals surface area contributed by atoms with Crippen LogP contribution in [-0.4, -0.2) is 22.8 Å². The summed E-state index contributed by atoms with van der Waals surface area (Å²) in [5.41, 5.74) is 4.41. The predicted molar refractivity (Wildman–Crippen MR) is 121 cm³/mol. The molecule has 2 heterocycles. The van der Waals surface area contributed by atoms with Crippen LogP contribution in [-0.2, 0) is 22.6 Å². The number of carbonyl (C=O) groups is 2. The summed E-state index contributed by atoms with van der Waals surface area (Å²) in [6, 6.07) is 14.7. The largest absolute Gasteiger partial charge is 0.351 e. The Labute approximate surface area is 180 Å². The van der Waals surface area contributed by atoms with E-state index in [4.69, 9.17) is 0 Å². The first kappa shape index (κ1) is 20.1. The highest BCUT2D eigenvalue weighted by Crippen LogP contribution is 2.34. The van der Waals surface area contributed by atoms with E-state index in [-0.39, 0.29) is 18.2 Å². The maximum Gasteiger partial charge on any atom is 0.247 e. The Morgan fingerprint density at radius 2 is 1.97 bits per heavy atom. The molecule has 2 amide bonds. The smallest absolute Gasteiger partial charge is 0.247 e. The zero-order valence-electron chi connectivity index (χ0n) is 17.0. The molecule has 0 spiro atoms. The van der Waals surface area contributed by atoms with Crippen molar-refractivity contribution in [3.63, 3.8) is 0 Å². The molecule has 0 saturated carbocycles. The third kappa shape index (κ3) is 4.36. The van der Waals surface area contributed by atoms with E-state index in [1.807, 2.05) is 65.7 Å². The van der Waals surface area contributed by atoms with E-state index in [9.17, 15) is 9.59 Å². The van der Waals surface area contributed by atoms with E-state index < -0.39 is 6.04 Å².